The van der Waals surface area contributed by atoms with Gasteiger partial charge in [-0.15, -0.1) is 10.2 Å². The third kappa shape index (κ3) is 4.08. The molecule has 0 N–H and O–H groups in total. The first-order chi connectivity index (χ1) is 14.2. The second-order valence-corrected chi connectivity index (χ2v) is 8.83. The zero-order valence-corrected chi connectivity index (χ0v) is 17.5. The van der Waals surface area contributed by atoms with Gasteiger partial charge < -0.3 is 18.9 Å². The maximum atomic E-state index is 12.9. The fourth-order valence-corrected chi connectivity index (χ4v) is 4.60. The molecule has 1 aromatic carbocycles. The minimum atomic E-state index is 0.116. The van der Waals surface area contributed by atoms with Crippen LogP contribution in [0.4, 0.5) is 0 Å². The standard InChI is InChI=1S/C21H26N4O3S/c1-2-24(12-14-3-8-17-18(11-14)28-10-9-27-17)19(26)13-29-21-23-22-20(15-4-5-15)25(21)16-6-7-16/h3,8,11,15-16H,2,4-7,9-10,12-13H2,1H3. The van der Waals surface area contributed by atoms with E-state index in [1.165, 1.54) is 37.4 Å². The summed E-state index contributed by atoms with van der Waals surface area (Å²) < 4.78 is 13.5. The highest BCUT2D eigenvalue weighted by Gasteiger charge is 2.36. The second kappa shape index (κ2) is 7.89. The Bertz CT molecular complexity index is 907. The molecule has 0 bridgehead atoms. The smallest absolute Gasteiger partial charge is 0.233 e. The van der Waals surface area contributed by atoms with Crippen LogP contribution in [0.2, 0.25) is 0 Å². The summed E-state index contributed by atoms with van der Waals surface area (Å²) in [5.41, 5.74) is 1.05. The van der Waals surface area contributed by atoms with Crippen molar-refractivity contribution in [1.82, 2.24) is 19.7 Å². The molecule has 2 saturated carbocycles. The zero-order chi connectivity index (χ0) is 19.8. The number of hydrogen-bond acceptors (Lipinski definition) is 6. The van der Waals surface area contributed by atoms with Gasteiger partial charge in [-0.25, -0.2) is 0 Å². The van der Waals surface area contributed by atoms with Crippen molar-refractivity contribution in [3.8, 4) is 11.5 Å². The van der Waals surface area contributed by atoms with Crippen molar-refractivity contribution in [1.29, 1.82) is 0 Å². The number of thioether (sulfide) groups is 1. The SMILES string of the molecule is CCN(Cc1ccc2c(c1)OCCO2)C(=O)CSc1nnc(C2CC2)n1C1CC1. The zero-order valence-electron chi connectivity index (χ0n) is 16.7. The molecule has 2 aliphatic carbocycles. The first-order valence-electron chi connectivity index (χ1n) is 10.5. The number of amides is 1. The van der Waals surface area contributed by atoms with Gasteiger partial charge in [0, 0.05) is 25.0 Å². The molecular weight excluding hydrogens is 388 g/mol. The molecule has 7 nitrogen and oxygen atoms in total. The van der Waals surface area contributed by atoms with E-state index in [9.17, 15) is 4.79 Å². The molecule has 1 aliphatic heterocycles. The second-order valence-electron chi connectivity index (χ2n) is 7.89. The molecule has 0 saturated heterocycles. The van der Waals surface area contributed by atoms with E-state index in [4.69, 9.17) is 9.47 Å². The number of fused-ring (bicyclic) bond motifs is 1. The minimum absolute atomic E-state index is 0.116. The predicted molar refractivity (Wildman–Crippen MR) is 110 cm³/mol. The van der Waals surface area contributed by atoms with Gasteiger partial charge in [-0.3, -0.25) is 4.79 Å². The lowest BCUT2D eigenvalue weighted by atomic mass is 10.2. The fourth-order valence-electron chi connectivity index (χ4n) is 3.68. The van der Waals surface area contributed by atoms with Crippen molar-refractivity contribution in [2.45, 2.75) is 56.3 Å². The summed E-state index contributed by atoms with van der Waals surface area (Å²) in [6.45, 7) is 4.38. The first kappa shape index (κ1) is 18.8. The van der Waals surface area contributed by atoms with Crippen LogP contribution in [0.25, 0.3) is 0 Å². The summed E-state index contributed by atoms with van der Waals surface area (Å²) in [5, 5.41) is 9.74. The monoisotopic (exact) mass is 414 g/mol. The summed E-state index contributed by atoms with van der Waals surface area (Å²) in [7, 11) is 0. The lowest BCUT2D eigenvalue weighted by molar-refractivity contribution is -0.128. The molecule has 29 heavy (non-hydrogen) atoms. The average Bonchev–Trinajstić information content (AvgIpc) is 3.68. The Morgan fingerprint density at radius 2 is 1.97 bits per heavy atom. The van der Waals surface area contributed by atoms with E-state index in [-0.39, 0.29) is 5.91 Å². The van der Waals surface area contributed by atoms with Gasteiger partial charge in [-0.1, -0.05) is 17.8 Å². The van der Waals surface area contributed by atoms with Crippen molar-refractivity contribution in [2.24, 2.45) is 0 Å². The molecule has 1 aromatic heterocycles. The third-order valence-corrected chi connectivity index (χ3v) is 6.51. The highest BCUT2D eigenvalue weighted by Crippen LogP contribution is 2.46. The lowest BCUT2D eigenvalue weighted by Crippen LogP contribution is -2.32. The highest BCUT2D eigenvalue weighted by atomic mass is 32.2. The largest absolute Gasteiger partial charge is 0.486 e. The molecule has 0 spiro atoms. The molecule has 0 radical (unpaired) electrons. The van der Waals surface area contributed by atoms with Gasteiger partial charge in [0.1, 0.15) is 19.0 Å². The van der Waals surface area contributed by atoms with Crippen LogP contribution in [0, 0.1) is 0 Å². The van der Waals surface area contributed by atoms with Crippen molar-refractivity contribution in [3.05, 3.63) is 29.6 Å². The number of benzene rings is 1. The summed E-state index contributed by atoms with van der Waals surface area (Å²) in [4.78, 5) is 14.8. The molecule has 0 atom stereocenters. The number of carbonyl (C=O) groups is 1. The Labute approximate surface area is 174 Å². The maximum Gasteiger partial charge on any atom is 0.233 e. The number of ether oxygens (including phenoxy) is 2. The Kier molecular flexibility index (Phi) is 5.11. The molecule has 2 heterocycles. The van der Waals surface area contributed by atoms with Crippen LogP contribution in [0.1, 0.15) is 56.0 Å². The van der Waals surface area contributed by atoms with Crippen molar-refractivity contribution < 1.29 is 14.3 Å². The topological polar surface area (TPSA) is 69.5 Å². The molecule has 0 unspecified atom stereocenters. The van der Waals surface area contributed by atoms with Crippen LogP contribution in [0.5, 0.6) is 11.5 Å². The third-order valence-electron chi connectivity index (χ3n) is 5.58. The van der Waals surface area contributed by atoms with Crippen molar-refractivity contribution in [3.63, 3.8) is 0 Å². The van der Waals surface area contributed by atoms with Gasteiger partial charge in [0.05, 0.1) is 5.75 Å². The van der Waals surface area contributed by atoms with Crippen LogP contribution in [-0.2, 0) is 11.3 Å². The quantitative estimate of drug-likeness (QED) is 0.617. The lowest BCUT2D eigenvalue weighted by Gasteiger charge is -2.23. The van der Waals surface area contributed by atoms with Crippen LogP contribution < -0.4 is 9.47 Å². The molecule has 2 aromatic rings. The van der Waals surface area contributed by atoms with Crippen LogP contribution in [0.15, 0.2) is 23.4 Å². The normalized spacial score (nSPS) is 18.0. The maximum absolute atomic E-state index is 12.9. The van der Waals surface area contributed by atoms with Crippen molar-refractivity contribution >= 4 is 17.7 Å². The van der Waals surface area contributed by atoms with Gasteiger partial charge in [0.2, 0.25) is 5.91 Å². The molecule has 154 valence electrons. The number of hydrogen-bond donors (Lipinski definition) is 0. The van der Waals surface area contributed by atoms with Gasteiger partial charge in [0.15, 0.2) is 16.7 Å². The van der Waals surface area contributed by atoms with E-state index in [1.807, 2.05) is 30.0 Å². The summed E-state index contributed by atoms with van der Waals surface area (Å²) in [6, 6.07) is 6.44. The Balaban J connectivity index is 1.23. The number of nitrogens with zero attached hydrogens (tertiary/aromatic N) is 4. The van der Waals surface area contributed by atoms with Crippen molar-refractivity contribution in [2.75, 3.05) is 25.5 Å². The fraction of sp³-hybridized carbons (Fsp3) is 0.571. The Morgan fingerprint density at radius 1 is 1.17 bits per heavy atom. The van der Waals surface area contributed by atoms with Crippen LogP contribution in [-0.4, -0.2) is 51.1 Å². The average molecular weight is 415 g/mol. The van der Waals surface area contributed by atoms with E-state index in [2.05, 4.69) is 14.8 Å². The van der Waals surface area contributed by atoms with E-state index >= 15 is 0 Å². The highest BCUT2D eigenvalue weighted by molar-refractivity contribution is 7.99. The number of aromatic nitrogens is 3. The molecule has 1 amide bonds. The molecule has 5 rings (SSSR count). The van der Waals surface area contributed by atoms with Gasteiger partial charge in [0.25, 0.3) is 0 Å². The van der Waals surface area contributed by atoms with Crippen LogP contribution in [0.3, 0.4) is 0 Å². The minimum Gasteiger partial charge on any atom is -0.486 e. The van der Waals surface area contributed by atoms with E-state index in [0.717, 1.165) is 28.0 Å². The Morgan fingerprint density at radius 3 is 2.69 bits per heavy atom. The van der Waals surface area contributed by atoms with E-state index in [1.54, 1.807) is 0 Å². The summed E-state index contributed by atoms with van der Waals surface area (Å²) >= 11 is 1.52. The molecule has 2 fully saturated rings. The number of carbonyl (C=O) groups excluding carboxylic acids is 1. The summed E-state index contributed by atoms with van der Waals surface area (Å²) in [5.74, 6) is 3.74. The molecule has 3 aliphatic rings. The van der Waals surface area contributed by atoms with Gasteiger partial charge in [-0.05, 0) is 50.3 Å². The first-order valence-corrected chi connectivity index (χ1v) is 11.5. The van der Waals surface area contributed by atoms with Gasteiger partial charge >= 0.3 is 0 Å². The Hall–Kier alpha value is -2.22. The number of rotatable bonds is 8. The van der Waals surface area contributed by atoms with Crippen LogP contribution >= 0.6 is 11.8 Å². The van der Waals surface area contributed by atoms with E-state index < -0.39 is 0 Å². The molecule has 8 heteroatoms. The van der Waals surface area contributed by atoms with E-state index in [0.29, 0.717) is 44.0 Å². The predicted octanol–water partition coefficient (Wildman–Crippen LogP) is 3.40. The molecular formula is C21H26N4O3S. The van der Waals surface area contributed by atoms with Gasteiger partial charge in [-0.2, -0.15) is 0 Å². The summed E-state index contributed by atoms with van der Waals surface area (Å²) in [6.07, 6.45) is 4.83.